The van der Waals surface area contributed by atoms with Gasteiger partial charge in [0, 0.05) is 20.0 Å². The van der Waals surface area contributed by atoms with Gasteiger partial charge in [-0.25, -0.2) is 4.58 Å². The van der Waals surface area contributed by atoms with Crippen LogP contribution in [0.2, 0.25) is 0 Å². The number of benzene rings is 1. The van der Waals surface area contributed by atoms with E-state index in [1.165, 1.54) is 0 Å². The number of para-hydroxylation sites is 2. The van der Waals surface area contributed by atoms with Crippen LogP contribution < -0.4 is 28.9 Å². The van der Waals surface area contributed by atoms with Gasteiger partial charge in [-0.05, 0) is 6.07 Å². The van der Waals surface area contributed by atoms with E-state index in [-0.39, 0.29) is 29.9 Å². The van der Waals surface area contributed by atoms with Crippen molar-refractivity contribution in [2.75, 3.05) is 19.0 Å². The number of anilines is 1. The van der Waals surface area contributed by atoms with Gasteiger partial charge < -0.3 is 28.9 Å². The second-order valence-electron chi connectivity index (χ2n) is 3.91. The highest BCUT2D eigenvalue weighted by atomic mass is 127. The minimum atomic E-state index is 0. The molecule has 1 aromatic carbocycles. The maximum absolute atomic E-state index is 11.8. The molecular weight excluding hydrogens is 315 g/mol. The Hall–Kier alpha value is -0.910. The standard InChI is InChI=1S/C12H15N2O.HI/c1-9-8-12(15)14(3)11-7-5-4-6-10(11)13(9)2;/h4-7H,8H2,1-3H3;1H/q+1;/p-1. The van der Waals surface area contributed by atoms with E-state index in [4.69, 9.17) is 0 Å². The summed E-state index contributed by atoms with van der Waals surface area (Å²) in [5.41, 5.74) is 3.14. The number of fused-ring (bicyclic) bond motifs is 1. The Bertz CT molecular complexity index is 454. The molecule has 3 nitrogen and oxygen atoms in total. The molecule has 0 N–H and O–H groups in total. The molecule has 0 bridgehead atoms. The zero-order valence-electron chi connectivity index (χ0n) is 9.70. The molecule has 2 rings (SSSR count). The number of amides is 1. The zero-order chi connectivity index (χ0) is 11.0. The van der Waals surface area contributed by atoms with Gasteiger partial charge in [0.15, 0.2) is 5.71 Å². The van der Waals surface area contributed by atoms with Crippen molar-refractivity contribution in [2.24, 2.45) is 0 Å². The van der Waals surface area contributed by atoms with Crippen LogP contribution in [0.4, 0.5) is 11.4 Å². The first-order valence-electron chi connectivity index (χ1n) is 5.03. The SMILES string of the molecule is CC1=[N+](C)c2ccccc2N(C)C(=O)C1.[I-]. The molecule has 0 saturated heterocycles. The molecule has 0 unspecified atom stereocenters. The van der Waals surface area contributed by atoms with Crippen LogP contribution in [0, 0.1) is 0 Å². The Morgan fingerprint density at radius 3 is 2.62 bits per heavy atom. The van der Waals surface area contributed by atoms with Crippen LogP contribution in [-0.2, 0) is 4.79 Å². The van der Waals surface area contributed by atoms with Crippen molar-refractivity contribution in [2.45, 2.75) is 13.3 Å². The lowest BCUT2D eigenvalue weighted by Crippen LogP contribution is -3.00. The quantitative estimate of drug-likeness (QED) is 0.433. The lowest BCUT2D eigenvalue weighted by Gasteiger charge is -2.14. The van der Waals surface area contributed by atoms with Gasteiger partial charge in [-0.15, -0.1) is 0 Å². The summed E-state index contributed by atoms with van der Waals surface area (Å²) >= 11 is 0. The fourth-order valence-electron chi connectivity index (χ4n) is 1.83. The van der Waals surface area contributed by atoms with E-state index in [2.05, 4.69) is 4.58 Å². The molecule has 0 atom stereocenters. The van der Waals surface area contributed by atoms with Gasteiger partial charge in [0.25, 0.3) is 0 Å². The predicted octanol–water partition coefficient (Wildman–Crippen LogP) is -1.21. The molecular formula is C12H15IN2O. The first-order valence-corrected chi connectivity index (χ1v) is 5.03. The lowest BCUT2D eigenvalue weighted by molar-refractivity contribution is -0.405. The summed E-state index contributed by atoms with van der Waals surface area (Å²) in [4.78, 5) is 13.5. The molecule has 1 amide bonds. The number of carbonyl (C=O) groups excluding carboxylic acids is 1. The van der Waals surface area contributed by atoms with E-state index in [1.54, 1.807) is 4.90 Å². The third-order valence-corrected chi connectivity index (χ3v) is 2.96. The Morgan fingerprint density at radius 1 is 1.31 bits per heavy atom. The maximum atomic E-state index is 11.8. The summed E-state index contributed by atoms with van der Waals surface area (Å²) in [6.45, 7) is 1.99. The molecule has 1 aliphatic rings. The highest BCUT2D eigenvalue weighted by molar-refractivity contribution is 6.07. The minimum absolute atomic E-state index is 0. The van der Waals surface area contributed by atoms with Gasteiger partial charge in [-0.2, -0.15) is 0 Å². The molecule has 0 radical (unpaired) electrons. The van der Waals surface area contributed by atoms with Crippen molar-refractivity contribution in [3.05, 3.63) is 24.3 Å². The van der Waals surface area contributed by atoms with E-state index >= 15 is 0 Å². The van der Waals surface area contributed by atoms with Crippen LogP contribution in [0.15, 0.2) is 24.3 Å². The van der Waals surface area contributed by atoms with E-state index in [1.807, 2.05) is 45.3 Å². The summed E-state index contributed by atoms with van der Waals surface area (Å²) < 4.78 is 2.08. The second kappa shape index (κ2) is 4.95. The molecule has 86 valence electrons. The summed E-state index contributed by atoms with van der Waals surface area (Å²) in [6, 6.07) is 7.96. The van der Waals surface area contributed by atoms with E-state index in [0.29, 0.717) is 6.42 Å². The predicted molar refractivity (Wildman–Crippen MR) is 61.0 cm³/mol. The Morgan fingerprint density at radius 2 is 1.94 bits per heavy atom. The molecule has 16 heavy (non-hydrogen) atoms. The van der Waals surface area contributed by atoms with Gasteiger partial charge in [-0.3, -0.25) is 4.79 Å². The maximum Gasteiger partial charge on any atom is 0.237 e. The van der Waals surface area contributed by atoms with Gasteiger partial charge >= 0.3 is 0 Å². The minimum Gasteiger partial charge on any atom is -1.00 e. The van der Waals surface area contributed by atoms with Crippen molar-refractivity contribution in [3.8, 4) is 0 Å². The van der Waals surface area contributed by atoms with Crippen molar-refractivity contribution in [3.63, 3.8) is 0 Å². The number of hydrogen-bond donors (Lipinski definition) is 0. The van der Waals surface area contributed by atoms with Gasteiger partial charge in [0.05, 0.1) is 0 Å². The summed E-state index contributed by atoms with van der Waals surface area (Å²) in [6.07, 6.45) is 0.488. The lowest BCUT2D eigenvalue weighted by atomic mass is 10.2. The summed E-state index contributed by atoms with van der Waals surface area (Å²) in [7, 11) is 3.83. The largest absolute Gasteiger partial charge is 1.00 e. The Labute approximate surface area is 113 Å². The van der Waals surface area contributed by atoms with Crippen molar-refractivity contribution in [1.82, 2.24) is 0 Å². The molecule has 4 heteroatoms. The van der Waals surface area contributed by atoms with Crippen LogP contribution in [0.3, 0.4) is 0 Å². The van der Waals surface area contributed by atoms with Gasteiger partial charge in [0.2, 0.25) is 11.6 Å². The first-order chi connectivity index (χ1) is 7.11. The molecule has 0 aromatic heterocycles. The Kier molecular flexibility index (Phi) is 4.07. The molecule has 0 aliphatic carbocycles. The Balaban J connectivity index is 0.00000128. The molecule has 1 aromatic rings. The average Bonchev–Trinajstić information content (AvgIpc) is 2.33. The third-order valence-electron chi connectivity index (χ3n) is 2.96. The van der Waals surface area contributed by atoms with Crippen molar-refractivity contribution >= 4 is 23.0 Å². The van der Waals surface area contributed by atoms with Crippen LogP contribution >= 0.6 is 0 Å². The molecule has 0 spiro atoms. The number of rotatable bonds is 0. The summed E-state index contributed by atoms with van der Waals surface area (Å²) in [5, 5.41) is 0. The third kappa shape index (κ3) is 2.11. The van der Waals surface area contributed by atoms with Crippen LogP contribution in [0.5, 0.6) is 0 Å². The fourth-order valence-corrected chi connectivity index (χ4v) is 1.83. The van der Waals surface area contributed by atoms with Crippen LogP contribution in [0.1, 0.15) is 13.3 Å². The fraction of sp³-hybridized carbons (Fsp3) is 0.333. The van der Waals surface area contributed by atoms with E-state index < -0.39 is 0 Å². The molecule has 1 aliphatic heterocycles. The monoisotopic (exact) mass is 330 g/mol. The van der Waals surface area contributed by atoms with Crippen molar-refractivity contribution in [1.29, 1.82) is 0 Å². The number of carbonyl (C=O) groups is 1. The second-order valence-corrected chi connectivity index (χ2v) is 3.91. The van der Waals surface area contributed by atoms with Crippen LogP contribution in [-0.4, -0.2) is 30.3 Å². The number of nitrogens with zero attached hydrogens (tertiary/aromatic N) is 2. The van der Waals surface area contributed by atoms with Crippen molar-refractivity contribution < 1.29 is 33.3 Å². The van der Waals surface area contributed by atoms with E-state index in [0.717, 1.165) is 17.1 Å². The first kappa shape index (κ1) is 13.2. The molecule has 1 heterocycles. The van der Waals surface area contributed by atoms with E-state index in [9.17, 15) is 4.79 Å². The normalized spacial score (nSPS) is 15.4. The van der Waals surface area contributed by atoms with Crippen LogP contribution in [0.25, 0.3) is 0 Å². The average molecular weight is 330 g/mol. The van der Waals surface area contributed by atoms with Gasteiger partial charge in [-0.1, -0.05) is 12.1 Å². The number of hydrogen-bond acceptors (Lipinski definition) is 1. The highest BCUT2D eigenvalue weighted by Crippen LogP contribution is 2.29. The zero-order valence-corrected chi connectivity index (χ0v) is 11.9. The topological polar surface area (TPSA) is 23.3 Å². The van der Waals surface area contributed by atoms with Gasteiger partial charge in [0.1, 0.15) is 19.2 Å². The molecule has 0 saturated carbocycles. The molecule has 0 fully saturated rings. The number of halogens is 1. The highest BCUT2D eigenvalue weighted by Gasteiger charge is 2.26. The summed E-state index contributed by atoms with van der Waals surface area (Å²) in [5.74, 6) is 0.143. The smallest absolute Gasteiger partial charge is 0.237 e.